The third kappa shape index (κ3) is 1.33. The SMILES string of the molecule is NC(O)c1nc(C2CC2)n2ccccc12. The number of nitrogens with zero attached hydrogens (tertiary/aromatic N) is 2. The highest BCUT2D eigenvalue weighted by atomic mass is 16.3. The average Bonchev–Trinajstić information content (AvgIpc) is 2.99. The van der Waals surface area contributed by atoms with E-state index >= 15 is 0 Å². The zero-order chi connectivity index (χ0) is 10.4. The standard InChI is InChI=1S/C11H13N3O/c12-10(15)9-8-3-1-2-6-14(8)11(13-9)7-4-5-7/h1-3,6-7,10,15H,4-5,12H2. The summed E-state index contributed by atoms with van der Waals surface area (Å²) in [5.74, 6) is 1.58. The summed E-state index contributed by atoms with van der Waals surface area (Å²) in [6, 6.07) is 5.83. The molecule has 2 aromatic rings. The molecule has 2 aromatic heterocycles. The van der Waals surface area contributed by atoms with Crippen molar-refractivity contribution < 1.29 is 5.11 Å². The lowest BCUT2D eigenvalue weighted by Gasteiger charge is -1.99. The predicted octanol–water partition coefficient (Wildman–Crippen LogP) is 1.16. The smallest absolute Gasteiger partial charge is 0.147 e. The zero-order valence-electron chi connectivity index (χ0n) is 8.30. The first kappa shape index (κ1) is 8.88. The number of fused-ring (bicyclic) bond motifs is 1. The van der Waals surface area contributed by atoms with Crippen LogP contribution >= 0.6 is 0 Å². The van der Waals surface area contributed by atoms with Crippen LogP contribution in [0.1, 0.15) is 36.5 Å². The van der Waals surface area contributed by atoms with Gasteiger partial charge in [-0.05, 0) is 25.0 Å². The number of aliphatic hydroxyl groups excluding tert-OH is 1. The van der Waals surface area contributed by atoms with Crippen LogP contribution in [0.15, 0.2) is 24.4 Å². The molecule has 0 spiro atoms. The number of nitrogens with two attached hydrogens (primary N) is 1. The van der Waals surface area contributed by atoms with Gasteiger partial charge in [0.05, 0.1) is 5.52 Å². The molecule has 78 valence electrons. The summed E-state index contributed by atoms with van der Waals surface area (Å²) in [7, 11) is 0. The van der Waals surface area contributed by atoms with Crippen LogP contribution in [0.25, 0.3) is 5.52 Å². The van der Waals surface area contributed by atoms with Gasteiger partial charge in [-0.2, -0.15) is 0 Å². The maximum absolute atomic E-state index is 9.44. The number of hydrogen-bond acceptors (Lipinski definition) is 3. The van der Waals surface area contributed by atoms with Gasteiger partial charge in [-0.1, -0.05) is 6.07 Å². The summed E-state index contributed by atoms with van der Waals surface area (Å²) < 4.78 is 2.03. The topological polar surface area (TPSA) is 63.5 Å². The van der Waals surface area contributed by atoms with Crippen LogP contribution in [0, 0.1) is 0 Å². The number of rotatable bonds is 2. The molecule has 0 aliphatic heterocycles. The summed E-state index contributed by atoms with van der Waals surface area (Å²) in [5, 5.41) is 9.44. The molecular weight excluding hydrogens is 190 g/mol. The van der Waals surface area contributed by atoms with Crippen LogP contribution in [0.4, 0.5) is 0 Å². The second kappa shape index (κ2) is 3.05. The Morgan fingerprint density at radius 1 is 1.47 bits per heavy atom. The number of aromatic nitrogens is 2. The third-order valence-corrected chi connectivity index (χ3v) is 2.83. The van der Waals surface area contributed by atoms with E-state index in [1.807, 2.05) is 28.8 Å². The molecule has 0 bridgehead atoms. The van der Waals surface area contributed by atoms with E-state index in [1.54, 1.807) is 0 Å². The highest BCUT2D eigenvalue weighted by Crippen LogP contribution is 2.40. The molecule has 1 aliphatic carbocycles. The Morgan fingerprint density at radius 3 is 2.93 bits per heavy atom. The van der Waals surface area contributed by atoms with Crippen molar-refractivity contribution in [3.63, 3.8) is 0 Å². The molecule has 0 radical (unpaired) electrons. The van der Waals surface area contributed by atoms with Crippen molar-refractivity contribution in [3.8, 4) is 0 Å². The summed E-state index contributed by atoms with van der Waals surface area (Å²) >= 11 is 0. The maximum Gasteiger partial charge on any atom is 0.147 e. The fraction of sp³-hybridized carbons (Fsp3) is 0.364. The Bertz CT molecular complexity index is 464. The van der Waals surface area contributed by atoms with E-state index in [0.717, 1.165) is 11.3 Å². The van der Waals surface area contributed by atoms with Crippen LogP contribution in [0.5, 0.6) is 0 Å². The summed E-state index contributed by atoms with van der Waals surface area (Å²) in [6.07, 6.45) is 3.36. The Morgan fingerprint density at radius 2 is 2.27 bits per heavy atom. The largest absolute Gasteiger partial charge is 0.373 e. The molecule has 2 heterocycles. The quantitative estimate of drug-likeness (QED) is 0.720. The summed E-state index contributed by atoms with van der Waals surface area (Å²) in [4.78, 5) is 4.44. The molecule has 4 heteroatoms. The lowest BCUT2D eigenvalue weighted by atomic mass is 10.3. The molecule has 3 N–H and O–H groups in total. The summed E-state index contributed by atoms with van der Waals surface area (Å²) in [5.41, 5.74) is 6.99. The fourth-order valence-electron chi connectivity index (χ4n) is 1.93. The Hall–Kier alpha value is -1.39. The molecule has 0 amide bonds. The van der Waals surface area contributed by atoms with Gasteiger partial charge >= 0.3 is 0 Å². The molecule has 1 aliphatic rings. The average molecular weight is 203 g/mol. The van der Waals surface area contributed by atoms with Crippen molar-refractivity contribution in [2.45, 2.75) is 25.0 Å². The second-order valence-electron chi connectivity index (χ2n) is 4.03. The van der Waals surface area contributed by atoms with Crippen LogP contribution in [0.3, 0.4) is 0 Å². The molecule has 15 heavy (non-hydrogen) atoms. The Balaban J connectivity index is 2.27. The minimum atomic E-state index is -0.991. The second-order valence-corrected chi connectivity index (χ2v) is 4.03. The van der Waals surface area contributed by atoms with Gasteiger partial charge in [0.2, 0.25) is 0 Å². The van der Waals surface area contributed by atoms with Gasteiger partial charge in [-0.3, -0.25) is 0 Å². The first-order valence-electron chi connectivity index (χ1n) is 5.18. The molecule has 3 rings (SSSR count). The number of aliphatic hydroxyl groups is 1. The van der Waals surface area contributed by atoms with E-state index in [1.165, 1.54) is 12.8 Å². The predicted molar refractivity (Wildman–Crippen MR) is 56.3 cm³/mol. The third-order valence-electron chi connectivity index (χ3n) is 2.83. The molecular formula is C11H13N3O. The number of imidazole rings is 1. The Labute approximate surface area is 87.4 Å². The lowest BCUT2D eigenvalue weighted by molar-refractivity contribution is 0.183. The van der Waals surface area contributed by atoms with E-state index in [2.05, 4.69) is 4.98 Å². The van der Waals surface area contributed by atoms with Crippen LogP contribution < -0.4 is 5.73 Å². The van der Waals surface area contributed by atoms with Crippen LogP contribution in [-0.2, 0) is 0 Å². The van der Waals surface area contributed by atoms with E-state index < -0.39 is 6.23 Å². The lowest BCUT2D eigenvalue weighted by Crippen LogP contribution is -2.09. The first-order chi connectivity index (χ1) is 7.27. The highest BCUT2D eigenvalue weighted by Gasteiger charge is 2.29. The van der Waals surface area contributed by atoms with E-state index in [0.29, 0.717) is 11.6 Å². The fourth-order valence-corrected chi connectivity index (χ4v) is 1.93. The van der Waals surface area contributed by atoms with Gasteiger partial charge in [0.1, 0.15) is 17.7 Å². The van der Waals surface area contributed by atoms with E-state index in [-0.39, 0.29) is 0 Å². The van der Waals surface area contributed by atoms with Gasteiger partial charge in [0.15, 0.2) is 0 Å². The van der Waals surface area contributed by atoms with Crippen molar-refractivity contribution in [1.29, 1.82) is 0 Å². The van der Waals surface area contributed by atoms with Crippen molar-refractivity contribution in [2.24, 2.45) is 5.73 Å². The van der Waals surface area contributed by atoms with E-state index in [9.17, 15) is 5.11 Å². The molecule has 1 saturated carbocycles. The van der Waals surface area contributed by atoms with Gasteiger partial charge in [-0.25, -0.2) is 4.98 Å². The minimum Gasteiger partial charge on any atom is -0.373 e. The van der Waals surface area contributed by atoms with Crippen molar-refractivity contribution in [1.82, 2.24) is 9.38 Å². The van der Waals surface area contributed by atoms with Crippen molar-refractivity contribution in [2.75, 3.05) is 0 Å². The molecule has 1 unspecified atom stereocenters. The molecule has 0 saturated heterocycles. The van der Waals surface area contributed by atoms with Gasteiger partial charge in [0.25, 0.3) is 0 Å². The van der Waals surface area contributed by atoms with Crippen molar-refractivity contribution >= 4 is 5.52 Å². The first-order valence-corrected chi connectivity index (χ1v) is 5.18. The molecule has 1 atom stereocenters. The molecule has 0 aromatic carbocycles. The Kier molecular flexibility index (Phi) is 1.81. The van der Waals surface area contributed by atoms with Crippen LogP contribution in [-0.4, -0.2) is 14.5 Å². The van der Waals surface area contributed by atoms with Crippen LogP contribution in [0.2, 0.25) is 0 Å². The number of pyridine rings is 1. The molecule has 4 nitrogen and oxygen atoms in total. The van der Waals surface area contributed by atoms with Gasteiger partial charge < -0.3 is 15.2 Å². The summed E-state index contributed by atoms with van der Waals surface area (Å²) in [6.45, 7) is 0. The van der Waals surface area contributed by atoms with Gasteiger partial charge in [-0.15, -0.1) is 0 Å². The normalized spacial score (nSPS) is 18.3. The zero-order valence-corrected chi connectivity index (χ0v) is 8.30. The number of hydrogen-bond donors (Lipinski definition) is 2. The highest BCUT2D eigenvalue weighted by molar-refractivity contribution is 5.54. The van der Waals surface area contributed by atoms with E-state index in [4.69, 9.17) is 5.73 Å². The van der Waals surface area contributed by atoms with Crippen molar-refractivity contribution in [3.05, 3.63) is 35.9 Å². The van der Waals surface area contributed by atoms with Gasteiger partial charge in [0, 0.05) is 12.1 Å². The monoisotopic (exact) mass is 203 g/mol. The minimum absolute atomic E-state index is 0.549. The maximum atomic E-state index is 9.44. The molecule has 1 fully saturated rings.